The lowest BCUT2D eigenvalue weighted by Crippen LogP contribution is -1.99. The van der Waals surface area contributed by atoms with Gasteiger partial charge in [0.25, 0.3) is 5.69 Å². The van der Waals surface area contributed by atoms with E-state index in [2.05, 4.69) is 15.9 Å². The van der Waals surface area contributed by atoms with Gasteiger partial charge in [-0.05, 0) is 30.7 Å². The fourth-order valence-electron chi connectivity index (χ4n) is 1.70. The molecular formula is C14H12BrNO3. The van der Waals surface area contributed by atoms with Crippen LogP contribution in [0.15, 0.2) is 46.9 Å². The van der Waals surface area contributed by atoms with E-state index >= 15 is 0 Å². The molecule has 19 heavy (non-hydrogen) atoms. The van der Waals surface area contributed by atoms with Gasteiger partial charge in [0.2, 0.25) is 0 Å². The van der Waals surface area contributed by atoms with Crippen LogP contribution in [-0.2, 0) is 6.61 Å². The second-order valence-corrected chi connectivity index (χ2v) is 4.99. The van der Waals surface area contributed by atoms with E-state index in [0.717, 1.165) is 10.0 Å². The summed E-state index contributed by atoms with van der Waals surface area (Å²) in [6.45, 7) is 2.07. The van der Waals surface area contributed by atoms with Gasteiger partial charge in [-0.1, -0.05) is 34.1 Å². The van der Waals surface area contributed by atoms with Crippen molar-refractivity contribution in [3.05, 3.63) is 68.2 Å². The molecule has 0 amide bonds. The summed E-state index contributed by atoms with van der Waals surface area (Å²) in [5.41, 5.74) is 1.63. The molecule has 5 heteroatoms. The maximum absolute atomic E-state index is 10.8. The van der Waals surface area contributed by atoms with E-state index in [1.54, 1.807) is 19.1 Å². The lowest BCUT2D eigenvalue weighted by atomic mass is 10.2. The molecular weight excluding hydrogens is 310 g/mol. The number of rotatable bonds is 4. The molecule has 0 unspecified atom stereocenters. The summed E-state index contributed by atoms with van der Waals surface area (Å²) < 4.78 is 6.64. The van der Waals surface area contributed by atoms with E-state index in [1.165, 1.54) is 6.07 Å². The van der Waals surface area contributed by atoms with Crippen molar-refractivity contribution < 1.29 is 9.66 Å². The Labute approximate surface area is 119 Å². The number of hydrogen-bond acceptors (Lipinski definition) is 3. The van der Waals surface area contributed by atoms with Crippen molar-refractivity contribution in [2.75, 3.05) is 0 Å². The number of halogens is 1. The molecule has 2 aromatic carbocycles. The van der Waals surface area contributed by atoms with Gasteiger partial charge in [0.05, 0.1) is 10.5 Å². The highest BCUT2D eigenvalue weighted by molar-refractivity contribution is 9.10. The van der Waals surface area contributed by atoms with Crippen LogP contribution in [0.1, 0.15) is 11.1 Å². The molecule has 0 saturated heterocycles. The third kappa shape index (κ3) is 3.32. The molecule has 0 bridgehead atoms. The molecule has 0 saturated carbocycles. The zero-order valence-corrected chi connectivity index (χ0v) is 11.9. The first-order chi connectivity index (χ1) is 9.08. The molecule has 0 atom stereocenters. The second-order valence-electron chi connectivity index (χ2n) is 4.07. The molecule has 0 spiro atoms. The zero-order valence-electron chi connectivity index (χ0n) is 10.3. The summed E-state index contributed by atoms with van der Waals surface area (Å²) in [7, 11) is 0. The van der Waals surface area contributed by atoms with Gasteiger partial charge in [0.1, 0.15) is 12.4 Å². The Hall–Kier alpha value is -1.88. The quantitative estimate of drug-likeness (QED) is 0.625. The summed E-state index contributed by atoms with van der Waals surface area (Å²) in [5, 5.41) is 10.8. The lowest BCUT2D eigenvalue weighted by molar-refractivity contribution is -0.385. The minimum absolute atomic E-state index is 0.0771. The Kier molecular flexibility index (Phi) is 4.16. The van der Waals surface area contributed by atoms with Crippen molar-refractivity contribution in [1.82, 2.24) is 0 Å². The molecule has 98 valence electrons. The van der Waals surface area contributed by atoms with Gasteiger partial charge in [-0.3, -0.25) is 10.1 Å². The van der Waals surface area contributed by atoms with Crippen LogP contribution >= 0.6 is 15.9 Å². The van der Waals surface area contributed by atoms with Crippen LogP contribution in [0.5, 0.6) is 5.75 Å². The zero-order chi connectivity index (χ0) is 13.8. The minimum Gasteiger partial charge on any atom is -0.488 e. The summed E-state index contributed by atoms with van der Waals surface area (Å²) >= 11 is 3.36. The number of nitrogens with zero attached hydrogens (tertiary/aromatic N) is 1. The third-order valence-electron chi connectivity index (χ3n) is 2.76. The number of hydrogen-bond donors (Lipinski definition) is 0. The first kappa shape index (κ1) is 13.5. The fourth-order valence-corrected chi connectivity index (χ4v) is 1.96. The molecule has 0 radical (unpaired) electrons. The molecule has 0 aliphatic rings. The fraction of sp³-hybridized carbons (Fsp3) is 0.143. The minimum atomic E-state index is -0.401. The average Bonchev–Trinajstić information content (AvgIpc) is 2.39. The lowest BCUT2D eigenvalue weighted by Gasteiger charge is -2.09. The van der Waals surface area contributed by atoms with Crippen LogP contribution < -0.4 is 4.74 Å². The van der Waals surface area contributed by atoms with Crippen molar-refractivity contribution >= 4 is 21.6 Å². The number of nitro benzene ring substituents is 1. The summed E-state index contributed by atoms with van der Waals surface area (Å²) in [4.78, 5) is 10.4. The normalized spacial score (nSPS) is 10.2. The van der Waals surface area contributed by atoms with E-state index in [4.69, 9.17) is 4.74 Å². The van der Waals surface area contributed by atoms with Crippen molar-refractivity contribution in [1.29, 1.82) is 0 Å². The van der Waals surface area contributed by atoms with Gasteiger partial charge < -0.3 is 4.74 Å². The van der Waals surface area contributed by atoms with E-state index in [1.807, 2.05) is 24.3 Å². The van der Waals surface area contributed by atoms with E-state index < -0.39 is 4.92 Å². The average molecular weight is 322 g/mol. The summed E-state index contributed by atoms with van der Waals surface area (Å²) in [5.74, 6) is 0.539. The Balaban J connectivity index is 2.13. The van der Waals surface area contributed by atoms with Crippen LogP contribution in [0, 0.1) is 17.0 Å². The highest BCUT2D eigenvalue weighted by atomic mass is 79.9. The molecule has 2 rings (SSSR count). The standard InChI is InChI=1S/C14H12BrNO3/c1-10-13(16(17)18)3-2-4-14(10)19-9-11-5-7-12(15)8-6-11/h2-8H,9H2,1H3. The van der Waals surface area contributed by atoms with Crippen molar-refractivity contribution in [3.8, 4) is 5.75 Å². The van der Waals surface area contributed by atoms with Gasteiger partial charge in [0, 0.05) is 10.5 Å². The first-order valence-electron chi connectivity index (χ1n) is 5.69. The second kappa shape index (κ2) is 5.84. The summed E-state index contributed by atoms with van der Waals surface area (Å²) in [6.07, 6.45) is 0. The van der Waals surface area contributed by atoms with Gasteiger partial charge in [-0.2, -0.15) is 0 Å². The van der Waals surface area contributed by atoms with Gasteiger partial charge in [0.15, 0.2) is 0 Å². The smallest absolute Gasteiger partial charge is 0.276 e. The Morgan fingerprint density at radius 1 is 1.21 bits per heavy atom. The van der Waals surface area contributed by atoms with Crippen molar-refractivity contribution in [2.24, 2.45) is 0 Å². The molecule has 2 aromatic rings. The monoisotopic (exact) mass is 321 g/mol. The SMILES string of the molecule is Cc1c(OCc2ccc(Br)cc2)cccc1[N+](=O)[O-]. The number of nitro groups is 1. The molecule has 0 N–H and O–H groups in total. The van der Waals surface area contributed by atoms with Gasteiger partial charge >= 0.3 is 0 Å². The van der Waals surface area contributed by atoms with Crippen LogP contribution in [0.25, 0.3) is 0 Å². The molecule has 0 fully saturated rings. The molecule has 4 nitrogen and oxygen atoms in total. The predicted molar refractivity (Wildman–Crippen MR) is 76.3 cm³/mol. The van der Waals surface area contributed by atoms with Gasteiger partial charge in [-0.15, -0.1) is 0 Å². The van der Waals surface area contributed by atoms with E-state index in [9.17, 15) is 10.1 Å². The number of benzene rings is 2. The Morgan fingerprint density at radius 3 is 2.53 bits per heavy atom. The van der Waals surface area contributed by atoms with Gasteiger partial charge in [-0.25, -0.2) is 0 Å². The van der Waals surface area contributed by atoms with Crippen LogP contribution in [0.2, 0.25) is 0 Å². The van der Waals surface area contributed by atoms with Crippen LogP contribution in [0.3, 0.4) is 0 Å². The van der Waals surface area contributed by atoms with E-state index in [-0.39, 0.29) is 5.69 Å². The first-order valence-corrected chi connectivity index (χ1v) is 6.48. The van der Waals surface area contributed by atoms with Crippen molar-refractivity contribution in [2.45, 2.75) is 13.5 Å². The maximum Gasteiger partial charge on any atom is 0.276 e. The molecule has 0 heterocycles. The third-order valence-corrected chi connectivity index (χ3v) is 3.29. The van der Waals surface area contributed by atoms with E-state index in [0.29, 0.717) is 17.9 Å². The Morgan fingerprint density at radius 2 is 1.89 bits per heavy atom. The Bertz CT molecular complexity index is 596. The molecule has 0 aliphatic heterocycles. The highest BCUT2D eigenvalue weighted by Crippen LogP contribution is 2.27. The number of ether oxygens (including phenoxy) is 1. The van der Waals surface area contributed by atoms with Crippen LogP contribution in [0.4, 0.5) is 5.69 Å². The summed E-state index contributed by atoms with van der Waals surface area (Å²) in [6, 6.07) is 12.6. The predicted octanol–water partition coefficient (Wildman–Crippen LogP) is 4.24. The molecule has 0 aromatic heterocycles. The largest absolute Gasteiger partial charge is 0.488 e. The van der Waals surface area contributed by atoms with Crippen molar-refractivity contribution in [3.63, 3.8) is 0 Å². The highest BCUT2D eigenvalue weighted by Gasteiger charge is 2.13. The molecule has 0 aliphatic carbocycles. The van der Waals surface area contributed by atoms with Crippen LogP contribution in [-0.4, -0.2) is 4.92 Å². The maximum atomic E-state index is 10.8. The topological polar surface area (TPSA) is 52.4 Å².